The van der Waals surface area contributed by atoms with Gasteiger partial charge in [-0.1, -0.05) is 11.3 Å². The van der Waals surface area contributed by atoms with Gasteiger partial charge in [0.1, 0.15) is 6.07 Å². The summed E-state index contributed by atoms with van der Waals surface area (Å²) in [7, 11) is 0. The lowest BCUT2D eigenvalue weighted by Gasteiger charge is -2.39. The Labute approximate surface area is 284 Å². The fourth-order valence-corrected chi connectivity index (χ4v) is 7.98. The number of nitriles is 1. The van der Waals surface area contributed by atoms with Crippen molar-refractivity contribution in [3.8, 4) is 28.0 Å². The van der Waals surface area contributed by atoms with Gasteiger partial charge in [-0.15, -0.1) is 10.2 Å². The lowest BCUT2D eigenvalue weighted by molar-refractivity contribution is 0.0904. The molecule has 12 nitrogen and oxygen atoms in total. The quantitative estimate of drug-likeness (QED) is 0.246. The Bertz CT molecular complexity index is 1880. The third-order valence-electron chi connectivity index (χ3n) is 9.81. The van der Waals surface area contributed by atoms with Crippen LogP contribution in [-0.2, 0) is 4.74 Å². The van der Waals surface area contributed by atoms with E-state index in [0.717, 1.165) is 110 Å². The van der Waals surface area contributed by atoms with E-state index < -0.39 is 0 Å². The fraction of sp³-hybridized carbons (Fsp3) is 0.429. The molecule has 0 atom stereocenters. The van der Waals surface area contributed by atoms with Gasteiger partial charge in [-0.25, -0.2) is 4.52 Å². The predicted molar refractivity (Wildman–Crippen MR) is 187 cm³/mol. The van der Waals surface area contributed by atoms with Gasteiger partial charge in [0.2, 0.25) is 5.13 Å². The second kappa shape index (κ2) is 13.8. The van der Waals surface area contributed by atoms with Crippen LogP contribution in [0.5, 0.6) is 0 Å². The molecule has 1 N–H and O–H groups in total. The average Bonchev–Trinajstić information content (AvgIpc) is 3.81. The molecule has 246 valence electrons. The summed E-state index contributed by atoms with van der Waals surface area (Å²) in [6.07, 6.45) is 11.7. The van der Waals surface area contributed by atoms with Crippen molar-refractivity contribution in [3.05, 3.63) is 66.7 Å². The highest BCUT2D eigenvalue weighted by Crippen LogP contribution is 2.37. The van der Waals surface area contributed by atoms with Crippen LogP contribution in [0, 0.1) is 17.2 Å². The fourth-order valence-electron chi connectivity index (χ4n) is 7.05. The number of aromatic nitrogens is 6. The smallest absolute Gasteiger partial charge is 0.208 e. The van der Waals surface area contributed by atoms with E-state index in [1.54, 1.807) is 17.5 Å². The van der Waals surface area contributed by atoms with Gasteiger partial charge in [0.05, 0.1) is 46.1 Å². The van der Waals surface area contributed by atoms with Crippen LogP contribution >= 0.6 is 11.3 Å². The summed E-state index contributed by atoms with van der Waals surface area (Å²) < 4.78 is 7.45. The van der Waals surface area contributed by atoms with Crippen LogP contribution in [0.4, 0.5) is 16.5 Å². The maximum absolute atomic E-state index is 9.30. The number of fused-ring (bicyclic) bond motifs is 1. The van der Waals surface area contributed by atoms with E-state index in [1.165, 1.54) is 25.1 Å². The first kappa shape index (κ1) is 30.7. The molecule has 0 amide bonds. The summed E-state index contributed by atoms with van der Waals surface area (Å²) in [5.41, 5.74) is 6.23. The van der Waals surface area contributed by atoms with Gasteiger partial charge in [-0.3, -0.25) is 14.9 Å². The number of piperazine rings is 1. The van der Waals surface area contributed by atoms with Crippen LogP contribution in [0.15, 0.2) is 61.2 Å². The Hall–Kier alpha value is -4.64. The average molecular weight is 662 g/mol. The van der Waals surface area contributed by atoms with Gasteiger partial charge in [0, 0.05) is 83.1 Å². The molecule has 0 spiro atoms. The van der Waals surface area contributed by atoms with Crippen molar-refractivity contribution in [1.82, 2.24) is 34.7 Å². The number of nitrogens with zero attached hydrogens (tertiary/aromatic N) is 10. The zero-order valence-corrected chi connectivity index (χ0v) is 27.7. The minimum Gasteiger partial charge on any atom is -0.381 e. The van der Waals surface area contributed by atoms with Crippen molar-refractivity contribution < 1.29 is 4.74 Å². The van der Waals surface area contributed by atoms with E-state index in [4.69, 9.17) is 9.72 Å². The maximum atomic E-state index is 9.30. The van der Waals surface area contributed by atoms with Crippen LogP contribution in [0.1, 0.15) is 31.2 Å². The summed E-state index contributed by atoms with van der Waals surface area (Å²) in [4.78, 5) is 16.6. The maximum Gasteiger partial charge on any atom is 0.208 e. The van der Waals surface area contributed by atoms with Gasteiger partial charge in [0.15, 0.2) is 5.01 Å². The van der Waals surface area contributed by atoms with Gasteiger partial charge in [0.25, 0.3) is 0 Å². The predicted octanol–water partition coefficient (Wildman–Crippen LogP) is 4.81. The zero-order chi connectivity index (χ0) is 32.3. The van der Waals surface area contributed by atoms with Gasteiger partial charge in [-0.05, 0) is 68.0 Å². The molecule has 3 saturated heterocycles. The highest BCUT2D eigenvalue weighted by molar-refractivity contribution is 7.18. The number of hydrogen-bond acceptors (Lipinski definition) is 12. The molecule has 0 bridgehead atoms. The standard InChI is InChI=1S/C35H39N11OS/c36-20-26-18-28-3-4-33(46(28)39-21-26)32-19-31(40-27-7-16-47-17-8-27)30(23-38-32)34-41-42-35(48-34)45-14-12-43(13-15-45)24-25-5-10-44(11-6-25)29-2-1-9-37-22-29/h1-4,9,18-19,21-23,25,27H,5-8,10-17,24H2,(H,38,40). The van der Waals surface area contributed by atoms with Crippen LogP contribution < -0.4 is 15.1 Å². The first-order chi connectivity index (χ1) is 23.7. The van der Waals surface area contributed by atoms with Crippen LogP contribution in [0.2, 0.25) is 0 Å². The molecule has 3 aliphatic rings. The molecular weight excluding hydrogens is 623 g/mol. The van der Waals surface area contributed by atoms with Crippen molar-refractivity contribution in [3.63, 3.8) is 0 Å². The van der Waals surface area contributed by atoms with Crippen molar-refractivity contribution in [2.45, 2.75) is 31.7 Å². The third kappa shape index (κ3) is 6.56. The van der Waals surface area contributed by atoms with Gasteiger partial charge >= 0.3 is 0 Å². The molecule has 3 fully saturated rings. The number of nitrogens with one attached hydrogen (secondary N) is 1. The second-order valence-electron chi connectivity index (χ2n) is 12.9. The molecule has 0 saturated carbocycles. The summed E-state index contributed by atoms with van der Waals surface area (Å²) in [6.45, 7) is 8.87. The number of anilines is 3. The molecule has 8 heterocycles. The molecular formula is C35H39N11OS. The Balaban J connectivity index is 0.944. The summed E-state index contributed by atoms with van der Waals surface area (Å²) in [5.74, 6) is 0.741. The summed E-state index contributed by atoms with van der Waals surface area (Å²) >= 11 is 1.64. The SMILES string of the molecule is N#Cc1cnn2c(-c3cc(NC4CCOCC4)c(-c4nnc(N5CCN(CC6CCN(c7cccnc7)CC6)CC5)s4)cn3)ccc2c1. The Kier molecular flexibility index (Phi) is 8.85. The van der Waals surface area contributed by atoms with E-state index in [-0.39, 0.29) is 0 Å². The van der Waals surface area contributed by atoms with Gasteiger partial charge in [-0.2, -0.15) is 10.4 Å². The number of ether oxygens (including phenoxy) is 1. The molecule has 0 unspecified atom stereocenters. The van der Waals surface area contributed by atoms with Crippen molar-refractivity contribution in [2.24, 2.45) is 5.92 Å². The topological polar surface area (TPSA) is 124 Å². The van der Waals surface area contributed by atoms with E-state index in [9.17, 15) is 5.26 Å². The molecule has 5 aromatic rings. The monoisotopic (exact) mass is 661 g/mol. The van der Waals surface area contributed by atoms with E-state index in [0.29, 0.717) is 11.6 Å². The highest BCUT2D eigenvalue weighted by atomic mass is 32.1. The number of pyridine rings is 2. The lowest BCUT2D eigenvalue weighted by atomic mass is 9.95. The first-order valence-corrected chi connectivity index (χ1v) is 17.7. The molecule has 48 heavy (non-hydrogen) atoms. The van der Waals surface area contributed by atoms with E-state index >= 15 is 0 Å². The third-order valence-corrected chi connectivity index (χ3v) is 10.8. The van der Waals surface area contributed by atoms with Gasteiger partial charge < -0.3 is 19.9 Å². The van der Waals surface area contributed by atoms with Crippen LogP contribution in [0.25, 0.3) is 27.5 Å². The number of rotatable bonds is 8. The molecule has 8 rings (SSSR count). The Morgan fingerprint density at radius 3 is 2.56 bits per heavy atom. The highest BCUT2D eigenvalue weighted by Gasteiger charge is 2.26. The first-order valence-electron chi connectivity index (χ1n) is 16.9. The Morgan fingerprint density at radius 1 is 0.917 bits per heavy atom. The molecule has 0 aromatic carbocycles. The molecule has 5 aromatic heterocycles. The molecule has 3 aliphatic heterocycles. The summed E-state index contributed by atoms with van der Waals surface area (Å²) in [5, 5.41) is 28.7. The van der Waals surface area contributed by atoms with Crippen molar-refractivity contribution in [1.29, 1.82) is 5.26 Å². The molecule has 0 aliphatic carbocycles. The lowest BCUT2D eigenvalue weighted by Crippen LogP contribution is -2.49. The minimum atomic E-state index is 0.302. The number of hydrogen-bond donors (Lipinski definition) is 1. The van der Waals surface area contributed by atoms with Crippen LogP contribution in [0.3, 0.4) is 0 Å². The van der Waals surface area contributed by atoms with E-state index in [2.05, 4.69) is 58.5 Å². The van der Waals surface area contributed by atoms with E-state index in [1.807, 2.05) is 47.4 Å². The molecule has 0 radical (unpaired) electrons. The minimum absolute atomic E-state index is 0.302. The Morgan fingerprint density at radius 2 is 1.77 bits per heavy atom. The largest absolute Gasteiger partial charge is 0.381 e. The van der Waals surface area contributed by atoms with Crippen molar-refractivity contribution in [2.75, 3.05) is 74.1 Å². The molecule has 13 heteroatoms. The normalized spacial score (nSPS) is 18.3. The van der Waals surface area contributed by atoms with Crippen molar-refractivity contribution >= 4 is 33.4 Å². The number of piperidine rings is 1. The van der Waals surface area contributed by atoms with Crippen LogP contribution in [-0.4, -0.2) is 99.7 Å². The zero-order valence-electron chi connectivity index (χ0n) is 26.9. The second-order valence-corrected chi connectivity index (χ2v) is 13.8. The summed E-state index contributed by atoms with van der Waals surface area (Å²) in [6, 6.07) is 14.5.